The fourth-order valence-electron chi connectivity index (χ4n) is 6.81. The van der Waals surface area contributed by atoms with Crippen LogP contribution in [0.25, 0.3) is 22.4 Å². The van der Waals surface area contributed by atoms with Crippen LogP contribution in [-0.2, 0) is 27.4 Å². The minimum absolute atomic E-state index is 0.133. The molecule has 1 aromatic heterocycles. The van der Waals surface area contributed by atoms with Crippen LogP contribution in [0.4, 0.5) is 11.4 Å². The maximum Gasteiger partial charge on any atom is 0.302 e. The average Bonchev–Trinajstić information content (AvgIpc) is 3.51. The zero-order valence-corrected chi connectivity index (χ0v) is 33.3. The van der Waals surface area contributed by atoms with Gasteiger partial charge in [0.1, 0.15) is 12.4 Å². The number of amides is 1. The Hall–Kier alpha value is -4.57. The summed E-state index contributed by atoms with van der Waals surface area (Å²) in [5, 5.41) is 4.59. The summed E-state index contributed by atoms with van der Waals surface area (Å²) >= 11 is 12.7. The molecule has 3 N–H and O–H groups in total. The highest BCUT2D eigenvalue weighted by Crippen LogP contribution is 2.32. The van der Waals surface area contributed by atoms with Gasteiger partial charge < -0.3 is 30.2 Å². The Morgan fingerprint density at radius 3 is 2.00 bits per heavy atom. The highest BCUT2D eigenvalue weighted by molar-refractivity contribution is 6.42. The SMILES string of the molecule is CCCN(CCC)c1ccc(-c2nc3cc(C(CC(N)=O)NCc4ccc(N(CCC)CCOC(C)=O)cc4)ccc3n2Cc2ccc(Cl)c(Cl)c2)cc1. The first-order valence-corrected chi connectivity index (χ1v) is 19.6. The quantitative estimate of drug-likeness (QED) is 0.0761. The van der Waals surface area contributed by atoms with Crippen molar-refractivity contribution in [3.05, 3.63) is 112 Å². The fraction of sp³-hybridized carbons (Fsp3) is 0.372. The van der Waals surface area contributed by atoms with E-state index in [0.29, 0.717) is 36.3 Å². The molecular formula is C43H52Cl2N6O3. The molecule has 5 rings (SSSR count). The van der Waals surface area contributed by atoms with Crippen LogP contribution in [0.3, 0.4) is 0 Å². The van der Waals surface area contributed by atoms with E-state index < -0.39 is 5.91 Å². The van der Waals surface area contributed by atoms with Crippen molar-refractivity contribution in [2.24, 2.45) is 5.73 Å². The number of rotatable bonds is 20. The van der Waals surface area contributed by atoms with Gasteiger partial charge in [-0.15, -0.1) is 0 Å². The van der Waals surface area contributed by atoms with Crippen LogP contribution in [-0.4, -0.2) is 54.2 Å². The molecule has 0 aliphatic rings. The van der Waals surface area contributed by atoms with Crippen molar-refractivity contribution in [1.82, 2.24) is 14.9 Å². The summed E-state index contributed by atoms with van der Waals surface area (Å²) in [6.07, 6.45) is 3.27. The van der Waals surface area contributed by atoms with Crippen LogP contribution >= 0.6 is 23.2 Å². The second kappa shape index (κ2) is 19.7. The minimum atomic E-state index is -0.392. The number of carbonyl (C=O) groups excluding carboxylic acids is 2. The molecule has 1 heterocycles. The Morgan fingerprint density at radius 2 is 1.41 bits per heavy atom. The Bertz CT molecular complexity index is 1990. The topological polar surface area (TPSA) is 106 Å². The van der Waals surface area contributed by atoms with Crippen LogP contribution in [0.1, 0.15) is 76.1 Å². The average molecular weight is 772 g/mol. The molecule has 1 amide bonds. The van der Waals surface area contributed by atoms with E-state index in [0.717, 1.165) is 83.7 Å². The number of nitrogens with zero attached hydrogens (tertiary/aromatic N) is 4. The summed E-state index contributed by atoms with van der Waals surface area (Å²) in [6, 6.07) is 28.5. The molecule has 1 atom stereocenters. The number of benzene rings is 4. The third kappa shape index (κ3) is 10.8. The lowest BCUT2D eigenvalue weighted by Crippen LogP contribution is -2.29. The summed E-state index contributed by atoms with van der Waals surface area (Å²) in [5.74, 6) is 0.167. The standard InChI is InChI=1S/C43H52Cl2N6O3/c1-5-20-49(21-6-2)36-16-11-33(12-17-36)43-48-40-26-34(13-19-41(40)51(43)29-32-10-18-37(44)38(45)25-32)39(27-42(46)53)47-28-31-8-14-35(15-9-31)50(22-7-3)23-24-54-30(4)52/h8-19,25-26,39,47H,5-7,20-24,27-29H2,1-4H3,(H2,46,53). The van der Waals surface area contributed by atoms with E-state index in [-0.39, 0.29) is 18.4 Å². The van der Waals surface area contributed by atoms with Crippen molar-refractivity contribution in [3.8, 4) is 11.4 Å². The van der Waals surface area contributed by atoms with E-state index in [4.69, 9.17) is 38.7 Å². The van der Waals surface area contributed by atoms with Gasteiger partial charge in [-0.05, 0) is 96.6 Å². The summed E-state index contributed by atoms with van der Waals surface area (Å²) in [6.45, 7) is 12.9. The van der Waals surface area contributed by atoms with Gasteiger partial charge in [-0.2, -0.15) is 0 Å². The number of halogens is 2. The first kappa shape index (κ1) is 40.6. The van der Waals surface area contributed by atoms with Crippen molar-refractivity contribution in [1.29, 1.82) is 0 Å². The Morgan fingerprint density at radius 1 is 0.796 bits per heavy atom. The normalized spacial score (nSPS) is 11.8. The van der Waals surface area contributed by atoms with E-state index in [1.165, 1.54) is 12.6 Å². The molecule has 0 aliphatic carbocycles. The molecule has 0 bridgehead atoms. The largest absolute Gasteiger partial charge is 0.464 e. The molecule has 5 aromatic rings. The fourth-order valence-corrected chi connectivity index (χ4v) is 7.13. The molecule has 1 unspecified atom stereocenters. The molecular weight excluding hydrogens is 719 g/mol. The number of nitrogens with one attached hydrogen (secondary N) is 1. The number of hydrogen-bond donors (Lipinski definition) is 2. The van der Waals surface area contributed by atoms with Crippen molar-refractivity contribution < 1.29 is 14.3 Å². The number of primary amides is 1. The Kier molecular flexibility index (Phi) is 14.8. The van der Waals surface area contributed by atoms with E-state index in [1.807, 2.05) is 24.3 Å². The Labute approximate surface area is 329 Å². The molecule has 54 heavy (non-hydrogen) atoms. The maximum absolute atomic E-state index is 12.3. The number of carbonyl (C=O) groups is 2. The van der Waals surface area contributed by atoms with Crippen LogP contribution < -0.4 is 20.9 Å². The van der Waals surface area contributed by atoms with Gasteiger partial charge in [0.25, 0.3) is 0 Å². The number of esters is 1. The van der Waals surface area contributed by atoms with E-state index in [2.05, 4.69) is 101 Å². The summed E-state index contributed by atoms with van der Waals surface area (Å²) in [7, 11) is 0. The van der Waals surface area contributed by atoms with E-state index >= 15 is 0 Å². The number of hydrogen-bond acceptors (Lipinski definition) is 7. The lowest BCUT2D eigenvalue weighted by molar-refractivity contribution is -0.140. The molecule has 0 saturated heterocycles. The highest BCUT2D eigenvalue weighted by atomic mass is 35.5. The third-order valence-electron chi connectivity index (χ3n) is 9.40. The molecule has 0 aliphatic heterocycles. The van der Waals surface area contributed by atoms with E-state index in [1.54, 1.807) is 0 Å². The second-order valence-corrected chi connectivity index (χ2v) is 14.5. The maximum atomic E-state index is 12.3. The van der Waals surface area contributed by atoms with E-state index in [9.17, 15) is 9.59 Å². The second-order valence-electron chi connectivity index (χ2n) is 13.6. The predicted octanol–water partition coefficient (Wildman–Crippen LogP) is 9.17. The van der Waals surface area contributed by atoms with Crippen LogP contribution in [0.15, 0.2) is 84.9 Å². The van der Waals surface area contributed by atoms with Crippen LogP contribution in [0, 0.1) is 0 Å². The first-order chi connectivity index (χ1) is 26.1. The summed E-state index contributed by atoms with van der Waals surface area (Å²) in [5.41, 5.74) is 13.8. The number of fused-ring (bicyclic) bond motifs is 1. The molecule has 11 heteroatoms. The summed E-state index contributed by atoms with van der Waals surface area (Å²) < 4.78 is 7.38. The van der Waals surface area contributed by atoms with Gasteiger partial charge >= 0.3 is 5.97 Å². The van der Waals surface area contributed by atoms with Gasteiger partial charge in [-0.25, -0.2) is 4.98 Å². The molecule has 0 spiro atoms. The smallest absolute Gasteiger partial charge is 0.302 e. The van der Waals surface area contributed by atoms with Gasteiger partial charge in [0, 0.05) is 69.0 Å². The summed E-state index contributed by atoms with van der Waals surface area (Å²) in [4.78, 5) is 33.4. The van der Waals surface area contributed by atoms with Gasteiger partial charge in [-0.1, -0.05) is 68.2 Å². The van der Waals surface area contributed by atoms with Gasteiger partial charge in [0.15, 0.2) is 0 Å². The minimum Gasteiger partial charge on any atom is -0.464 e. The van der Waals surface area contributed by atoms with Crippen LogP contribution in [0.5, 0.6) is 0 Å². The number of aromatic nitrogens is 2. The monoisotopic (exact) mass is 770 g/mol. The van der Waals surface area contributed by atoms with Gasteiger partial charge in [0.2, 0.25) is 5.91 Å². The van der Waals surface area contributed by atoms with Crippen molar-refractivity contribution in [2.45, 2.75) is 72.5 Å². The first-order valence-electron chi connectivity index (χ1n) is 18.9. The molecule has 0 fully saturated rings. The molecule has 0 radical (unpaired) electrons. The van der Waals surface area contributed by atoms with Crippen LogP contribution in [0.2, 0.25) is 10.0 Å². The van der Waals surface area contributed by atoms with Gasteiger partial charge in [0.05, 0.1) is 27.6 Å². The molecule has 4 aromatic carbocycles. The number of anilines is 2. The van der Waals surface area contributed by atoms with Gasteiger partial charge in [-0.3, -0.25) is 9.59 Å². The highest BCUT2D eigenvalue weighted by Gasteiger charge is 2.19. The lowest BCUT2D eigenvalue weighted by Gasteiger charge is -2.24. The Balaban J connectivity index is 1.43. The molecule has 0 saturated carbocycles. The van der Waals surface area contributed by atoms with Crippen molar-refractivity contribution >= 4 is 57.5 Å². The number of imidazole rings is 1. The van der Waals surface area contributed by atoms with Crippen molar-refractivity contribution in [3.63, 3.8) is 0 Å². The number of nitrogens with two attached hydrogens (primary N) is 1. The van der Waals surface area contributed by atoms with Crippen molar-refractivity contribution in [2.75, 3.05) is 42.6 Å². The molecule has 286 valence electrons. The predicted molar refractivity (Wildman–Crippen MR) is 222 cm³/mol. The number of ether oxygens (including phenoxy) is 1. The zero-order chi connectivity index (χ0) is 38.6. The lowest BCUT2D eigenvalue weighted by atomic mass is 10.0. The molecule has 9 nitrogen and oxygen atoms in total. The zero-order valence-electron chi connectivity index (χ0n) is 31.8. The third-order valence-corrected chi connectivity index (χ3v) is 10.1.